The van der Waals surface area contributed by atoms with Crippen LogP contribution in [0.3, 0.4) is 0 Å². The molecule has 0 unspecified atom stereocenters. The highest BCUT2D eigenvalue weighted by atomic mass is 35.5. The van der Waals surface area contributed by atoms with Gasteiger partial charge in [0.15, 0.2) is 0 Å². The van der Waals surface area contributed by atoms with Crippen molar-refractivity contribution in [3.8, 4) is 0 Å². The van der Waals surface area contributed by atoms with Crippen molar-refractivity contribution in [3.05, 3.63) is 64.7 Å². The van der Waals surface area contributed by atoms with Gasteiger partial charge in [-0.2, -0.15) is 0 Å². The molecule has 3 aliphatic carbocycles. The summed E-state index contributed by atoms with van der Waals surface area (Å²) in [5.74, 6) is 0.324. The number of nitrogens with one attached hydrogen (secondary N) is 3. The van der Waals surface area contributed by atoms with Crippen LogP contribution in [0.15, 0.2) is 48.5 Å². The Hall–Kier alpha value is -2.53. The fourth-order valence-electron chi connectivity index (χ4n) is 5.96. The van der Waals surface area contributed by atoms with Crippen LogP contribution in [0.1, 0.15) is 48.5 Å². The van der Waals surface area contributed by atoms with Crippen LogP contribution in [0.2, 0.25) is 5.02 Å². The number of hydrogen-bond acceptors (Lipinski definition) is 3. The lowest BCUT2D eigenvalue weighted by atomic mass is 9.51. The van der Waals surface area contributed by atoms with Gasteiger partial charge in [0.1, 0.15) is 5.66 Å². The Morgan fingerprint density at radius 3 is 2.71 bits per heavy atom. The van der Waals surface area contributed by atoms with Gasteiger partial charge in [0.2, 0.25) is 5.91 Å². The summed E-state index contributed by atoms with van der Waals surface area (Å²) in [5.41, 5.74) is 2.14. The third-order valence-corrected chi connectivity index (χ3v) is 7.87. The SMILES string of the molecule is C[C@@]12CC[C@@H](C[C@H]1C(=O)NCCc1ccc(Cl)cc1)[C@@]1(C2)NC(=O)c2ccccc2N1. The molecular formula is C25H28ClN3O2. The maximum absolute atomic E-state index is 13.1. The average molecular weight is 438 g/mol. The molecule has 3 saturated carbocycles. The summed E-state index contributed by atoms with van der Waals surface area (Å²) in [5, 5.41) is 10.8. The molecule has 4 aliphatic rings. The Bertz CT molecular complexity index is 1020. The summed E-state index contributed by atoms with van der Waals surface area (Å²) < 4.78 is 0. The number of halogens is 1. The topological polar surface area (TPSA) is 70.2 Å². The van der Waals surface area contributed by atoms with Crippen molar-refractivity contribution in [3.63, 3.8) is 0 Å². The normalized spacial score (nSPS) is 31.0. The molecule has 6 heteroatoms. The Labute approximate surface area is 187 Å². The van der Waals surface area contributed by atoms with Crippen LogP contribution < -0.4 is 16.0 Å². The van der Waals surface area contributed by atoms with E-state index in [0.29, 0.717) is 12.1 Å². The molecular weight excluding hydrogens is 410 g/mol. The number of carbonyl (C=O) groups is 2. The molecule has 31 heavy (non-hydrogen) atoms. The molecule has 4 atom stereocenters. The zero-order chi connectivity index (χ0) is 21.6. The monoisotopic (exact) mass is 437 g/mol. The zero-order valence-corrected chi connectivity index (χ0v) is 18.5. The van der Waals surface area contributed by atoms with Crippen molar-refractivity contribution in [2.75, 3.05) is 11.9 Å². The molecule has 0 aromatic heterocycles. The van der Waals surface area contributed by atoms with Crippen molar-refractivity contribution in [1.29, 1.82) is 0 Å². The molecule has 0 saturated heterocycles. The van der Waals surface area contributed by atoms with E-state index in [0.717, 1.165) is 48.4 Å². The fourth-order valence-corrected chi connectivity index (χ4v) is 6.08. The fraction of sp³-hybridized carbons (Fsp3) is 0.440. The van der Waals surface area contributed by atoms with Crippen LogP contribution in [-0.2, 0) is 11.2 Å². The lowest BCUT2D eigenvalue weighted by molar-refractivity contribution is -0.139. The van der Waals surface area contributed by atoms with E-state index in [1.54, 1.807) is 0 Å². The first-order valence-electron chi connectivity index (χ1n) is 11.1. The second-order valence-electron chi connectivity index (χ2n) is 9.62. The van der Waals surface area contributed by atoms with Crippen molar-refractivity contribution in [2.45, 2.75) is 44.7 Å². The van der Waals surface area contributed by atoms with Crippen LogP contribution in [0.5, 0.6) is 0 Å². The van der Waals surface area contributed by atoms with Gasteiger partial charge in [0.25, 0.3) is 5.91 Å². The van der Waals surface area contributed by atoms with E-state index < -0.39 is 5.66 Å². The van der Waals surface area contributed by atoms with Gasteiger partial charge >= 0.3 is 0 Å². The molecule has 2 amide bonds. The van der Waals surface area contributed by atoms with Crippen molar-refractivity contribution >= 4 is 29.1 Å². The van der Waals surface area contributed by atoms with E-state index in [9.17, 15) is 9.59 Å². The number of fused-ring (bicyclic) bond motifs is 3. The minimum atomic E-state index is -0.460. The Kier molecular flexibility index (Phi) is 4.97. The van der Waals surface area contributed by atoms with E-state index in [4.69, 9.17) is 11.6 Å². The van der Waals surface area contributed by atoms with Crippen molar-refractivity contribution < 1.29 is 9.59 Å². The molecule has 2 bridgehead atoms. The number of hydrogen-bond donors (Lipinski definition) is 3. The Morgan fingerprint density at radius 2 is 1.94 bits per heavy atom. The Balaban J connectivity index is 1.27. The molecule has 2 aromatic carbocycles. The van der Waals surface area contributed by atoms with Crippen molar-refractivity contribution in [2.24, 2.45) is 17.3 Å². The molecule has 3 N–H and O–H groups in total. The molecule has 1 heterocycles. The number of benzene rings is 2. The number of anilines is 1. The van der Waals surface area contributed by atoms with Gasteiger partial charge in [-0.15, -0.1) is 0 Å². The third kappa shape index (κ3) is 3.59. The summed E-state index contributed by atoms with van der Waals surface area (Å²) in [6.07, 6.45) is 4.36. The molecule has 0 radical (unpaired) electrons. The molecule has 1 aliphatic heterocycles. The maximum atomic E-state index is 13.1. The largest absolute Gasteiger partial charge is 0.362 e. The first-order valence-corrected chi connectivity index (χ1v) is 11.5. The lowest BCUT2D eigenvalue weighted by Crippen LogP contribution is -2.70. The van der Waals surface area contributed by atoms with Gasteiger partial charge in [-0.1, -0.05) is 42.8 Å². The predicted molar refractivity (Wildman–Crippen MR) is 122 cm³/mol. The zero-order valence-electron chi connectivity index (χ0n) is 17.7. The van der Waals surface area contributed by atoms with Crippen LogP contribution in [-0.4, -0.2) is 24.0 Å². The second-order valence-corrected chi connectivity index (χ2v) is 10.1. The minimum Gasteiger partial charge on any atom is -0.362 e. The minimum absolute atomic E-state index is 0.0190. The number of para-hydroxylation sites is 1. The van der Waals surface area contributed by atoms with Crippen LogP contribution in [0.25, 0.3) is 0 Å². The lowest BCUT2D eigenvalue weighted by Gasteiger charge is -2.60. The number of carbonyl (C=O) groups excluding carboxylic acids is 2. The summed E-state index contributed by atoms with van der Waals surface area (Å²) in [6.45, 7) is 2.83. The average Bonchev–Trinajstić information content (AvgIpc) is 2.74. The van der Waals surface area contributed by atoms with E-state index in [1.165, 1.54) is 0 Å². The van der Waals surface area contributed by atoms with Crippen LogP contribution in [0.4, 0.5) is 5.69 Å². The van der Waals surface area contributed by atoms with E-state index in [1.807, 2.05) is 48.5 Å². The molecule has 1 spiro atoms. The molecule has 6 rings (SSSR count). The van der Waals surface area contributed by atoms with Crippen LogP contribution >= 0.6 is 11.6 Å². The standard InChI is InChI=1S/C25H28ClN3O2/c1-24-12-10-17(25(15-24)28-21-5-3-2-4-19(21)22(30)29-25)14-20(24)23(31)27-13-11-16-6-8-18(26)9-7-16/h2-9,17,20,28H,10-15H2,1H3,(H,27,31)(H,29,30)/t17-,20-,24-,25+/m0/s1. The highest BCUT2D eigenvalue weighted by molar-refractivity contribution is 6.30. The van der Waals surface area contributed by atoms with Crippen molar-refractivity contribution in [1.82, 2.24) is 10.6 Å². The van der Waals surface area contributed by atoms with E-state index in [-0.39, 0.29) is 29.1 Å². The van der Waals surface area contributed by atoms with Gasteiger partial charge in [0.05, 0.1) is 5.56 Å². The van der Waals surface area contributed by atoms with Gasteiger partial charge in [0, 0.05) is 29.1 Å². The Morgan fingerprint density at radius 1 is 1.16 bits per heavy atom. The number of amides is 2. The van der Waals surface area contributed by atoms with E-state index in [2.05, 4.69) is 22.9 Å². The quantitative estimate of drug-likeness (QED) is 0.664. The molecule has 162 valence electrons. The highest BCUT2D eigenvalue weighted by Crippen LogP contribution is 2.58. The maximum Gasteiger partial charge on any atom is 0.255 e. The summed E-state index contributed by atoms with van der Waals surface area (Å²) in [6, 6.07) is 15.4. The summed E-state index contributed by atoms with van der Waals surface area (Å²) >= 11 is 5.95. The van der Waals surface area contributed by atoms with Gasteiger partial charge in [-0.05, 0) is 67.3 Å². The summed E-state index contributed by atoms with van der Waals surface area (Å²) in [7, 11) is 0. The predicted octanol–water partition coefficient (Wildman–Crippen LogP) is 4.38. The molecule has 2 aromatic rings. The smallest absolute Gasteiger partial charge is 0.255 e. The summed E-state index contributed by atoms with van der Waals surface area (Å²) in [4.78, 5) is 25.9. The number of rotatable bonds is 4. The molecule has 3 fully saturated rings. The third-order valence-electron chi connectivity index (χ3n) is 7.61. The van der Waals surface area contributed by atoms with Gasteiger partial charge < -0.3 is 16.0 Å². The first kappa shape index (κ1) is 20.4. The van der Waals surface area contributed by atoms with E-state index >= 15 is 0 Å². The van der Waals surface area contributed by atoms with Crippen LogP contribution in [0, 0.1) is 17.3 Å². The van der Waals surface area contributed by atoms with Gasteiger partial charge in [-0.3, -0.25) is 9.59 Å². The highest BCUT2D eigenvalue weighted by Gasteiger charge is 2.60. The molecule has 5 nitrogen and oxygen atoms in total. The second kappa shape index (κ2) is 7.56. The first-order chi connectivity index (χ1) is 14.9. The van der Waals surface area contributed by atoms with Gasteiger partial charge in [-0.25, -0.2) is 0 Å².